The molecule has 0 radical (unpaired) electrons. The van der Waals surface area contributed by atoms with E-state index in [2.05, 4.69) is 0 Å². The highest BCUT2D eigenvalue weighted by molar-refractivity contribution is 5.69. The van der Waals surface area contributed by atoms with Crippen LogP contribution in [-0.4, -0.2) is 7.11 Å². The van der Waals surface area contributed by atoms with Gasteiger partial charge in [-0.2, -0.15) is 13.2 Å². The van der Waals surface area contributed by atoms with Gasteiger partial charge in [-0.05, 0) is 41.8 Å². The molecule has 0 amide bonds. The number of halogens is 3. The molecule has 0 atom stereocenters. The SMILES string of the molecule is COc1ccc(-c2ccccc2C(F)(F)F)cc1C. The normalized spacial score (nSPS) is 11.4. The van der Waals surface area contributed by atoms with Crippen LogP contribution in [0.15, 0.2) is 42.5 Å². The number of hydrogen-bond donors (Lipinski definition) is 0. The van der Waals surface area contributed by atoms with Crippen molar-refractivity contribution in [1.82, 2.24) is 0 Å². The van der Waals surface area contributed by atoms with Gasteiger partial charge in [0, 0.05) is 0 Å². The second kappa shape index (κ2) is 4.96. The minimum absolute atomic E-state index is 0.181. The molecule has 4 heteroatoms. The molecule has 0 aliphatic heterocycles. The molecule has 0 saturated heterocycles. The van der Waals surface area contributed by atoms with Gasteiger partial charge in [0.25, 0.3) is 0 Å². The van der Waals surface area contributed by atoms with Crippen molar-refractivity contribution in [2.45, 2.75) is 13.1 Å². The van der Waals surface area contributed by atoms with Gasteiger partial charge in [0.15, 0.2) is 0 Å². The monoisotopic (exact) mass is 266 g/mol. The first-order valence-corrected chi connectivity index (χ1v) is 5.74. The summed E-state index contributed by atoms with van der Waals surface area (Å²) in [5.41, 5.74) is 0.892. The minimum atomic E-state index is -4.36. The highest BCUT2D eigenvalue weighted by Gasteiger charge is 2.33. The highest BCUT2D eigenvalue weighted by atomic mass is 19.4. The predicted molar refractivity (Wildman–Crippen MR) is 68.2 cm³/mol. The molecule has 2 rings (SSSR count). The fraction of sp³-hybridized carbons (Fsp3) is 0.200. The number of aryl methyl sites for hydroxylation is 1. The van der Waals surface area contributed by atoms with Gasteiger partial charge in [-0.15, -0.1) is 0 Å². The van der Waals surface area contributed by atoms with Crippen LogP contribution < -0.4 is 4.74 Å². The number of alkyl halides is 3. The Balaban J connectivity index is 2.57. The Hall–Kier alpha value is -1.97. The standard InChI is InChI=1S/C15H13F3O/c1-10-9-11(7-8-14(10)19-2)12-5-3-4-6-13(12)15(16,17)18/h3-9H,1-2H3. The van der Waals surface area contributed by atoms with Crippen molar-refractivity contribution in [3.05, 3.63) is 53.6 Å². The van der Waals surface area contributed by atoms with E-state index in [4.69, 9.17) is 4.74 Å². The number of rotatable bonds is 2. The number of hydrogen-bond acceptors (Lipinski definition) is 1. The molecule has 0 aliphatic rings. The topological polar surface area (TPSA) is 9.23 Å². The van der Waals surface area contributed by atoms with E-state index in [9.17, 15) is 13.2 Å². The Bertz CT molecular complexity index is 588. The molecule has 0 saturated carbocycles. The van der Waals surface area contributed by atoms with E-state index in [1.165, 1.54) is 19.2 Å². The van der Waals surface area contributed by atoms with E-state index in [1.807, 2.05) is 0 Å². The first kappa shape index (κ1) is 13.5. The average Bonchev–Trinajstić information content (AvgIpc) is 2.37. The van der Waals surface area contributed by atoms with Crippen molar-refractivity contribution < 1.29 is 17.9 Å². The van der Waals surface area contributed by atoms with Crippen LogP contribution in [0.4, 0.5) is 13.2 Å². The van der Waals surface area contributed by atoms with Gasteiger partial charge in [-0.1, -0.05) is 24.3 Å². The van der Waals surface area contributed by atoms with Crippen LogP contribution in [-0.2, 0) is 6.18 Å². The predicted octanol–water partition coefficient (Wildman–Crippen LogP) is 4.69. The molecule has 0 unspecified atom stereocenters. The molecule has 2 aromatic carbocycles. The minimum Gasteiger partial charge on any atom is -0.496 e. The van der Waals surface area contributed by atoms with Gasteiger partial charge in [0.05, 0.1) is 12.7 Å². The van der Waals surface area contributed by atoms with E-state index in [0.717, 1.165) is 11.6 Å². The number of ether oxygens (including phenoxy) is 1. The first-order valence-electron chi connectivity index (χ1n) is 5.74. The van der Waals surface area contributed by atoms with E-state index in [1.54, 1.807) is 31.2 Å². The largest absolute Gasteiger partial charge is 0.496 e. The summed E-state index contributed by atoms with van der Waals surface area (Å²) in [6, 6.07) is 10.6. The zero-order chi connectivity index (χ0) is 14.0. The molecular formula is C15H13F3O. The molecule has 2 aromatic rings. The number of methoxy groups -OCH3 is 1. The van der Waals surface area contributed by atoms with Gasteiger partial charge < -0.3 is 4.74 Å². The molecular weight excluding hydrogens is 253 g/mol. The lowest BCUT2D eigenvalue weighted by Crippen LogP contribution is -2.06. The van der Waals surface area contributed by atoms with Crippen molar-refractivity contribution in [3.63, 3.8) is 0 Å². The number of benzene rings is 2. The first-order chi connectivity index (χ1) is 8.93. The van der Waals surface area contributed by atoms with Gasteiger partial charge in [-0.3, -0.25) is 0 Å². The molecule has 100 valence electrons. The van der Waals surface area contributed by atoms with Crippen LogP contribution in [0.2, 0.25) is 0 Å². The van der Waals surface area contributed by atoms with Crippen molar-refractivity contribution in [2.24, 2.45) is 0 Å². The summed E-state index contributed by atoms with van der Waals surface area (Å²) in [6.45, 7) is 1.80. The van der Waals surface area contributed by atoms with Gasteiger partial charge in [0.2, 0.25) is 0 Å². The lowest BCUT2D eigenvalue weighted by Gasteiger charge is -2.14. The molecule has 1 nitrogen and oxygen atoms in total. The molecule has 0 bridgehead atoms. The molecule has 0 spiro atoms. The van der Waals surface area contributed by atoms with Crippen LogP contribution in [0.1, 0.15) is 11.1 Å². The average molecular weight is 266 g/mol. The van der Waals surface area contributed by atoms with Gasteiger partial charge in [-0.25, -0.2) is 0 Å². The zero-order valence-corrected chi connectivity index (χ0v) is 10.6. The summed E-state index contributed by atoms with van der Waals surface area (Å²) >= 11 is 0. The summed E-state index contributed by atoms with van der Waals surface area (Å²) in [5.74, 6) is 0.660. The van der Waals surface area contributed by atoms with Crippen LogP contribution in [0.25, 0.3) is 11.1 Å². The zero-order valence-electron chi connectivity index (χ0n) is 10.6. The Morgan fingerprint density at radius 3 is 2.26 bits per heavy atom. The summed E-state index contributed by atoms with van der Waals surface area (Å²) in [7, 11) is 1.53. The smallest absolute Gasteiger partial charge is 0.417 e. The fourth-order valence-electron chi connectivity index (χ4n) is 2.03. The quantitative estimate of drug-likeness (QED) is 0.766. The molecule has 0 N–H and O–H groups in total. The second-order valence-corrected chi connectivity index (χ2v) is 4.23. The third kappa shape index (κ3) is 2.72. The molecule has 0 aliphatic carbocycles. The maximum absolute atomic E-state index is 13.0. The fourth-order valence-corrected chi connectivity index (χ4v) is 2.03. The van der Waals surface area contributed by atoms with Crippen LogP contribution in [0, 0.1) is 6.92 Å². The third-order valence-electron chi connectivity index (χ3n) is 2.94. The summed E-state index contributed by atoms with van der Waals surface area (Å²) in [4.78, 5) is 0. The molecule has 0 fully saturated rings. The summed E-state index contributed by atoms with van der Waals surface area (Å²) in [5, 5.41) is 0. The van der Waals surface area contributed by atoms with Crippen molar-refractivity contribution in [2.75, 3.05) is 7.11 Å². The van der Waals surface area contributed by atoms with E-state index >= 15 is 0 Å². The van der Waals surface area contributed by atoms with Crippen molar-refractivity contribution >= 4 is 0 Å². The highest BCUT2D eigenvalue weighted by Crippen LogP contribution is 2.37. The Labute approximate surface area is 109 Å². The Morgan fingerprint density at radius 2 is 1.68 bits per heavy atom. The van der Waals surface area contributed by atoms with E-state index < -0.39 is 11.7 Å². The van der Waals surface area contributed by atoms with Crippen molar-refractivity contribution in [3.8, 4) is 16.9 Å². The second-order valence-electron chi connectivity index (χ2n) is 4.23. The maximum atomic E-state index is 13.0. The molecule has 0 aromatic heterocycles. The molecule has 0 heterocycles. The Morgan fingerprint density at radius 1 is 1.00 bits per heavy atom. The summed E-state index contributed by atoms with van der Waals surface area (Å²) < 4.78 is 44.0. The van der Waals surface area contributed by atoms with E-state index in [-0.39, 0.29) is 5.56 Å². The summed E-state index contributed by atoms with van der Waals surface area (Å²) in [6.07, 6.45) is -4.36. The molecule has 19 heavy (non-hydrogen) atoms. The lowest BCUT2D eigenvalue weighted by atomic mass is 9.98. The van der Waals surface area contributed by atoms with E-state index in [0.29, 0.717) is 11.3 Å². The van der Waals surface area contributed by atoms with Gasteiger partial charge in [0.1, 0.15) is 5.75 Å². The van der Waals surface area contributed by atoms with Gasteiger partial charge >= 0.3 is 6.18 Å². The lowest BCUT2D eigenvalue weighted by molar-refractivity contribution is -0.137. The van der Waals surface area contributed by atoms with Crippen LogP contribution >= 0.6 is 0 Å². The van der Waals surface area contributed by atoms with Crippen LogP contribution in [0.3, 0.4) is 0 Å². The van der Waals surface area contributed by atoms with Crippen LogP contribution in [0.5, 0.6) is 5.75 Å². The maximum Gasteiger partial charge on any atom is 0.417 e. The Kier molecular flexibility index (Phi) is 3.51. The third-order valence-corrected chi connectivity index (χ3v) is 2.94. The van der Waals surface area contributed by atoms with Crippen molar-refractivity contribution in [1.29, 1.82) is 0 Å².